The molecular formula is C26H29N5O3S. The van der Waals surface area contributed by atoms with Crippen molar-refractivity contribution in [2.75, 3.05) is 49.8 Å². The highest BCUT2D eigenvalue weighted by atomic mass is 32.2. The summed E-state index contributed by atoms with van der Waals surface area (Å²) in [7, 11) is 3.68. The van der Waals surface area contributed by atoms with Crippen molar-refractivity contribution in [1.29, 1.82) is 0 Å². The molecule has 8 nitrogen and oxygen atoms in total. The Morgan fingerprint density at radius 2 is 1.89 bits per heavy atom. The van der Waals surface area contributed by atoms with Crippen molar-refractivity contribution in [1.82, 2.24) is 14.9 Å². The number of fused-ring (bicyclic) bond motifs is 1. The molecule has 1 aromatic heterocycles. The van der Waals surface area contributed by atoms with Crippen molar-refractivity contribution >= 4 is 35.6 Å². The molecular weight excluding hydrogens is 462 g/mol. The second-order valence-corrected chi connectivity index (χ2v) is 9.11. The summed E-state index contributed by atoms with van der Waals surface area (Å²) in [5.74, 6) is 1.08. The van der Waals surface area contributed by atoms with Crippen LogP contribution in [-0.4, -0.2) is 67.2 Å². The third-order valence-electron chi connectivity index (χ3n) is 5.95. The number of hydrogen-bond donors (Lipinski definition) is 0. The number of para-hydroxylation sites is 2. The lowest BCUT2D eigenvalue weighted by molar-refractivity contribution is -0.117. The minimum Gasteiger partial charge on any atom is -0.483 e. The molecule has 0 saturated carbocycles. The van der Waals surface area contributed by atoms with Crippen molar-refractivity contribution in [2.45, 2.75) is 17.7 Å². The number of thioether (sulfide) groups is 1. The van der Waals surface area contributed by atoms with Crippen LogP contribution in [0.4, 0.5) is 11.5 Å². The SMILES string of the molecule is CSc1ncc2c(n1)N(C)CCN(c1ccccc1OC(CCN(C)C=O)c1ccccc1)C2=O. The maximum absolute atomic E-state index is 13.7. The molecule has 0 bridgehead atoms. The molecule has 2 heterocycles. The van der Waals surface area contributed by atoms with Crippen molar-refractivity contribution in [3.05, 3.63) is 71.9 Å². The number of ether oxygens (including phenoxy) is 1. The van der Waals surface area contributed by atoms with Crippen LogP contribution in [0, 0.1) is 0 Å². The van der Waals surface area contributed by atoms with Crippen molar-refractivity contribution < 1.29 is 14.3 Å². The Balaban J connectivity index is 1.67. The van der Waals surface area contributed by atoms with Crippen molar-refractivity contribution in [3.63, 3.8) is 0 Å². The monoisotopic (exact) mass is 491 g/mol. The van der Waals surface area contributed by atoms with Crippen LogP contribution >= 0.6 is 11.8 Å². The minimum atomic E-state index is -0.288. The molecule has 3 aromatic rings. The number of aromatic nitrogens is 2. The summed E-state index contributed by atoms with van der Waals surface area (Å²) in [5.41, 5.74) is 2.16. The molecule has 2 aromatic carbocycles. The van der Waals surface area contributed by atoms with E-state index in [2.05, 4.69) is 9.97 Å². The molecule has 0 fully saturated rings. The Bertz CT molecular complexity index is 1180. The number of benzene rings is 2. The summed E-state index contributed by atoms with van der Waals surface area (Å²) >= 11 is 1.45. The third kappa shape index (κ3) is 5.57. The smallest absolute Gasteiger partial charge is 0.263 e. The van der Waals surface area contributed by atoms with Gasteiger partial charge in [-0.15, -0.1) is 0 Å². The average molecular weight is 492 g/mol. The molecule has 35 heavy (non-hydrogen) atoms. The quantitative estimate of drug-likeness (QED) is 0.255. The molecule has 0 saturated heterocycles. The lowest BCUT2D eigenvalue weighted by Gasteiger charge is -2.27. The first-order chi connectivity index (χ1) is 17.0. The van der Waals surface area contributed by atoms with Gasteiger partial charge in [0, 0.05) is 46.3 Å². The van der Waals surface area contributed by atoms with Crippen LogP contribution < -0.4 is 14.5 Å². The van der Waals surface area contributed by atoms with Crippen LogP contribution in [0.5, 0.6) is 5.75 Å². The Morgan fingerprint density at radius 3 is 2.63 bits per heavy atom. The summed E-state index contributed by atoms with van der Waals surface area (Å²) in [6, 6.07) is 17.5. The topological polar surface area (TPSA) is 78.9 Å². The maximum Gasteiger partial charge on any atom is 0.263 e. The lowest BCUT2D eigenvalue weighted by atomic mass is 10.1. The van der Waals surface area contributed by atoms with E-state index in [9.17, 15) is 9.59 Å². The lowest BCUT2D eigenvalue weighted by Crippen LogP contribution is -2.34. The van der Waals surface area contributed by atoms with E-state index in [1.165, 1.54) is 11.8 Å². The molecule has 0 radical (unpaired) electrons. The van der Waals surface area contributed by atoms with Gasteiger partial charge in [-0.25, -0.2) is 9.97 Å². The summed E-state index contributed by atoms with van der Waals surface area (Å²) in [5, 5.41) is 0.631. The molecule has 9 heteroatoms. The van der Waals surface area contributed by atoms with Gasteiger partial charge in [0.25, 0.3) is 5.91 Å². The number of carbonyl (C=O) groups is 2. The first kappa shape index (κ1) is 24.5. The van der Waals surface area contributed by atoms with Crippen LogP contribution in [0.2, 0.25) is 0 Å². The molecule has 0 N–H and O–H groups in total. The molecule has 1 unspecified atom stereocenters. The third-order valence-corrected chi connectivity index (χ3v) is 6.51. The van der Waals surface area contributed by atoms with E-state index in [0.29, 0.717) is 54.0 Å². The van der Waals surface area contributed by atoms with Gasteiger partial charge in [0.1, 0.15) is 23.2 Å². The Labute approximate surface area is 209 Å². The molecule has 2 amide bonds. The predicted molar refractivity (Wildman–Crippen MR) is 138 cm³/mol. The Kier molecular flexibility index (Phi) is 7.87. The van der Waals surface area contributed by atoms with Crippen LogP contribution in [0.25, 0.3) is 0 Å². The van der Waals surface area contributed by atoms with Gasteiger partial charge >= 0.3 is 0 Å². The van der Waals surface area contributed by atoms with E-state index in [0.717, 1.165) is 12.0 Å². The van der Waals surface area contributed by atoms with E-state index in [1.54, 1.807) is 23.0 Å². The second kappa shape index (κ2) is 11.2. The van der Waals surface area contributed by atoms with Crippen molar-refractivity contribution in [2.24, 2.45) is 0 Å². The largest absolute Gasteiger partial charge is 0.483 e. The van der Waals surface area contributed by atoms with Gasteiger partial charge in [0.2, 0.25) is 6.41 Å². The fraction of sp³-hybridized carbons (Fsp3) is 0.308. The minimum absolute atomic E-state index is 0.162. The molecule has 1 aliphatic rings. The standard InChI is InChI=1S/C26H29N5O3S/c1-29(18-32)14-13-22(19-9-5-4-6-10-19)34-23-12-8-7-11-21(23)31-16-15-30(2)24-20(25(31)33)17-27-26(28-24)35-3/h4-12,17-18,22H,13-16H2,1-3H3. The van der Waals surface area contributed by atoms with Gasteiger partial charge in [0.05, 0.1) is 5.69 Å². The predicted octanol–water partition coefficient (Wildman–Crippen LogP) is 3.89. The number of nitrogens with zero attached hydrogens (tertiary/aromatic N) is 5. The van der Waals surface area contributed by atoms with Gasteiger partial charge in [-0.3, -0.25) is 9.59 Å². The fourth-order valence-corrected chi connectivity index (χ4v) is 4.33. The van der Waals surface area contributed by atoms with Gasteiger partial charge < -0.3 is 19.4 Å². The van der Waals surface area contributed by atoms with Crippen LogP contribution in [-0.2, 0) is 4.79 Å². The van der Waals surface area contributed by atoms with Crippen LogP contribution in [0.15, 0.2) is 66.0 Å². The van der Waals surface area contributed by atoms with E-state index in [4.69, 9.17) is 4.74 Å². The number of anilines is 2. The molecule has 1 atom stereocenters. The summed E-state index contributed by atoms with van der Waals surface area (Å²) in [6.45, 7) is 1.63. The average Bonchev–Trinajstić information content (AvgIpc) is 3.02. The molecule has 182 valence electrons. The number of likely N-dealkylation sites (N-methyl/N-ethyl adjacent to an activating group) is 1. The Hall–Kier alpha value is -3.59. The number of amides is 2. The Morgan fingerprint density at radius 1 is 1.14 bits per heavy atom. The highest BCUT2D eigenvalue weighted by Crippen LogP contribution is 2.36. The second-order valence-electron chi connectivity index (χ2n) is 8.33. The van der Waals surface area contributed by atoms with Crippen molar-refractivity contribution in [3.8, 4) is 5.75 Å². The first-order valence-corrected chi connectivity index (χ1v) is 12.6. The number of carbonyl (C=O) groups excluding carboxylic acids is 2. The highest BCUT2D eigenvalue weighted by Gasteiger charge is 2.30. The summed E-state index contributed by atoms with van der Waals surface area (Å²) in [4.78, 5) is 39.0. The van der Waals surface area contributed by atoms with E-state index in [-0.39, 0.29) is 12.0 Å². The number of hydrogen-bond acceptors (Lipinski definition) is 7. The zero-order valence-electron chi connectivity index (χ0n) is 20.1. The number of rotatable bonds is 9. The van der Waals surface area contributed by atoms with E-state index in [1.807, 2.05) is 72.8 Å². The van der Waals surface area contributed by atoms with Gasteiger partial charge in [-0.05, 0) is 24.0 Å². The summed E-state index contributed by atoms with van der Waals surface area (Å²) in [6.07, 6.45) is 4.65. The van der Waals surface area contributed by atoms with E-state index >= 15 is 0 Å². The highest BCUT2D eigenvalue weighted by molar-refractivity contribution is 7.98. The summed E-state index contributed by atoms with van der Waals surface area (Å²) < 4.78 is 6.54. The normalized spacial score (nSPS) is 14.2. The molecule has 4 rings (SSSR count). The zero-order chi connectivity index (χ0) is 24.8. The van der Waals surface area contributed by atoms with Gasteiger partial charge in [-0.1, -0.05) is 54.2 Å². The van der Waals surface area contributed by atoms with Crippen LogP contribution in [0.3, 0.4) is 0 Å². The van der Waals surface area contributed by atoms with Gasteiger partial charge in [-0.2, -0.15) is 0 Å². The van der Waals surface area contributed by atoms with E-state index < -0.39 is 0 Å². The maximum atomic E-state index is 13.7. The molecule has 1 aliphatic heterocycles. The first-order valence-electron chi connectivity index (χ1n) is 11.4. The zero-order valence-corrected chi connectivity index (χ0v) is 20.9. The fourth-order valence-electron chi connectivity index (χ4n) is 4.00. The molecule has 0 aliphatic carbocycles. The molecule has 0 spiro atoms. The van der Waals surface area contributed by atoms with Crippen LogP contribution in [0.1, 0.15) is 28.4 Å². The van der Waals surface area contributed by atoms with Gasteiger partial charge in [0.15, 0.2) is 5.16 Å².